The summed E-state index contributed by atoms with van der Waals surface area (Å²) in [6, 6.07) is 24.6. The van der Waals surface area contributed by atoms with E-state index in [1.54, 1.807) is 7.11 Å². The van der Waals surface area contributed by atoms with Gasteiger partial charge in [0, 0.05) is 5.56 Å². The second-order valence-corrected chi connectivity index (χ2v) is 8.48. The third-order valence-electron chi connectivity index (χ3n) is 5.34. The molecule has 0 fully saturated rings. The van der Waals surface area contributed by atoms with Crippen LogP contribution in [0.3, 0.4) is 0 Å². The number of fused-ring (bicyclic) bond motifs is 1. The fourth-order valence-electron chi connectivity index (χ4n) is 3.61. The van der Waals surface area contributed by atoms with Crippen LogP contribution in [0.25, 0.3) is 11.0 Å². The smallest absolute Gasteiger partial charge is 0.148 e. The molecule has 1 heterocycles. The molecule has 0 N–H and O–H groups in total. The fraction of sp³-hybridized carbons (Fsp3) is 0.269. The zero-order chi connectivity index (χ0) is 21.1. The van der Waals surface area contributed by atoms with Crippen molar-refractivity contribution in [2.45, 2.75) is 39.3 Å². The Balaban J connectivity index is 0.00000272. The third-order valence-corrected chi connectivity index (χ3v) is 5.34. The van der Waals surface area contributed by atoms with Crippen LogP contribution in [0, 0.1) is 0 Å². The van der Waals surface area contributed by atoms with Crippen molar-refractivity contribution < 1.29 is 9.47 Å². The summed E-state index contributed by atoms with van der Waals surface area (Å²) in [7, 11) is 1.70. The molecule has 0 aliphatic carbocycles. The number of benzene rings is 3. The van der Waals surface area contributed by atoms with Crippen LogP contribution in [0.4, 0.5) is 0 Å². The summed E-state index contributed by atoms with van der Waals surface area (Å²) < 4.78 is 13.9. The van der Waals surface area contributed by atoms with Gasteiger partial charge in [-0.2, -0.15) is 0 Å². The molecule has 0 radical (unpaired) electrons. The number of hydrogen-bond acceptors (Lipinski definition) is 3. The predicted octanol–water partition coefficient (Wildman–Crippen LogP) is 6.39. The molecular weight excluding hydrogens is 408 g/mol. The molecule has 0 bridgehead atoms. The van der Waals surface area contributed by atoms with Gasteiger partial charge in [0.25, 0.3) is 0 Å². The first-order valence-corrected chi connectivity index (χ1v) is 10.2. The summed E-state index contributed by atoms with van der Waals surface area (Å²) in [5.74, 6) is 2.61. The van der Waals surface area contributed by atoms with Crippen molar-refractivity contribution in [1.82, 2.24) is 9.55 Å². The van der Waals surface area contributed by atoms with Crippen molar-refractivity contribution >= 4 is 23.4 Å². The van der Waals surface area contributed by atoms with Crippen LogP contribution in [0.15, 0.2) is 72.8 Å². The molecule has 0 amide bonds. The zero-order valence-electron chi connectivity index (χ0n) is 18.5. The van der Waals surface area contributed by atoms with Crippen LogP contribution in [-0.4, -0.2) is 16.7 Å². The van der Waals surface area contributed by atoms with Crippen molar-refractivity contribution in [1.29, 1.82) is 0 Å². The molecule has 0 spiro atoms. The Morgan fingerprint density at radius 2 is 1.55 bits per heavy atom. The standard InChI is InChI=1S/C26H28N2O2.ClH/c1-26(2,3)20-13-15-21(16-14-20)30-18-25-27-22-10-6-7-11-23(22)28(25)17-19-9-5-8-12-24(19)29-4;/h5-16H,17-18H2,1-4H3;1H. The highest BCUT2D eigenvalue weighted by Gasteiger charge is 2.15. The number of nitrogens with zero attached hydrogens (tertiary/aromatic N) is 2. The Labute approximate surface area is 190 Å². The van der Waals surface area contributed by atoms with Gasteiger partial charge in [-0.3, -0.25) is 0 Å². The van der Waals surface area contributed by atoms with Gasteiger partial charge in [0.15, 0.2) is 0 Å². The van der Waals surface area contributed by atoms with Crippen LogP contribution in [0.5, 0.6) is 11.5 Å². The van der Waals surface area contributed by atoms with Gasteiger partial charge in [-0.05, 0) is 41.3 Å². The number of imidazole rings is 1. The first kappa shape index (κ1) is 22.7. The van der Waals surface area contributed by atoms with E-state index in [9.17, 15) is 0 Å². The summed E-state index contributed by atoms with van der Waals surface area (Å²) in [5, 5.41) is 0. The maximum Gasteiger partial charge on any atom is 0.148 e. The van der Waals surface area contributed by atoms with E-state index in [-0.39, 0.29) is 17.8 Å². The number of para-hydroxylation sites is 3. The molecule has 5 heteroatoms. The molecule has 0 unspecified atom stereocenters. The van der Waals surface area contributed by atoms with Crippen LogP contribution in [-0.2, 0) is 18.6 Å². The van der Waals surface area contributed by atoms with E-state index < -0.39 is 0 Å². The number of aromatic nitrogens is 2. The summed E-state index contributed by atoms with van der Waals surface area (Å²) >= 11 is 0. The van der Waals surface area contributed by atoms with E-state index in [1.807, 2.05) is 48.5 Å². The van der Waals surface area contributed by atoms with Crippen molar-refractivity contribution in [3.8, 4) is 11.5 Å². The van der Waals surface area contributed by atoms with Gasteiger partial charge in [-0.1, -0.05) is 63.2 Å². The Hall–Kier alpha value is -2.98. The van der Waals surface area contributed by atoms with Gasteiger partial charge in [-0.15, -0.1) is 12.4 Å². The topological polar surface area (TPSA) is 36.3 Å². The van der Waals surface area contributed by atoms with Crippen LogP contribution < -0.4 is 9.47 Å². The van der Waals surface area contributed by atoms with E-state index in [0.717, 1.165) is 33.9 Å². The Bertz CT molecular complexity index is 1140. The SMILES string of the molecule is COc1ccccc1Cn1c(COc2ccc(C(C)(C)C)cc2)nc2ccccc21.Cl. The van der Waals surface area contributed by atoms with Crippen molar-refractivity contribution in [3.63, 3.8) is 0 Å². The normalized spacial score (nSPS) is 11.2. The minimum Gasteiger partial charge on any atom is -0.496 e. The lowest BCUT2D eigenvalue weighted by molar-refractivity contribution is 0.291. The van der Waals surface area contributed by atoms with Crippen molar-refractivity contribution in [2.24, 2.45) is 0 Å². The van der Waals surface area contributed by atoms with Gasteiger partial charge >= 0.3 is 0 Å². The maximum atomic E-state index is 6.11. The lowest BCUT2D eigenvalue weighted by atomic mass is 9.87. The zero-order valence-corrected chi connectivity index (χ0v) is 19.3. The van der Waals surface area contributed by atoms with Crippen molar-refractivity contribution in [2.75, 3.05) is 7.11 Å². The van der Waals surface area contributed by atoms with E-state index in [1.165, 1.54) is 5.56 Å². The number of rotatable bonds is 6. The van der Waals surface area contributed by atoms with Gasteiger partial charge in [-0.25, -0.2) is 4.98 Å². The predicted molar refractivity (Wildman–Crippen MR) is 129 cm³/mol. The summed E-state index contributed by atoms with van der Waals surface area (Å²) in [6.45, 7) is 7.71. The van der Waals surface area contributed by atoms with Crippen molar-refractivity contribution in [3.05, 3.63) is 89.7 Å². The molecule has 31 heavy (non-hydrogen) atoms. The number of halogens is 1. The molecule has 0 saturated carbocycles. The first-order valence-electron chi connectivity index (χ1n) is 10.2. The van der Waals surface area contributed by atoms with Crippen LogP contribution >= 0.6 is 12.4 Å². The average molecular weight is 437 g/mol. The first-order chi connectivity index (χ1) is 14.5. The average Bonchev–Trinajstić information content (AvgIpc) is 3.10. The molecule has 4 nitrogen and oxygen atoms in total. The largest absolute Gasteiger partial charge is 0.496 e. The highest BCUT2D eigenvalue weighted by molar-refractivity contribution is 5.85. The monoisotopic (exact) mass is 436 g/mol. The van der Waals surface area contributed by atoms with E-state index in [0.29, 0.717) is 13.2 Å². The molecule has 1 aromatic heterocycles. The van der Waals surface area contributed by atoms with Crippen LogP contribution in [0.2, 0.25) is 0 Å². The lowest BCUT2D eigenvalue weighted by Gasteiger charge is -2.19. The van der Waals surface area contributed by atoms with Gasteiger partial charge in [0.05, 0.1) is 24.7 Å². The minimum absolute atomic E-state index is 0. The highest BCUT2D eigenvalue weighted by atomic mass is 35.5. The Morgan fingerprint density at radius 1 is 0.871 bits per heavy atom. The highest BCUT2D eigenvalue weighted by Crippen LogP contribution is 2.26. The quantitative estimate of drug-likeness (QED) is 0.351. The van der Waals surface area contributed by atoms with E-state index in [2.05, 4.69) is 49.6 Å². The van der Waals surface area contributed by atoms with Gasteiger partial charge in [0.2, 0.25) is 0 Å². The van der Waals surface area contributed by atoms with E-state index in [4.69, 9.17) is 14.5 Å². The second-order valence-electron chi connectivity index (χ2n) is 8.48. The van der Waals surface area contributed by atoms with Gasteiger partial charge < -0.3 is 14.0 Å². The molecule has 0 aliphatic heterocycles. The molecule has 0 saturated heterocycles. The fourth-order valence-corrected chi connectivity index (χ4v) is 3.61. The molecule has 3 aromatic carbocycles. The second kappa shape index (κ2) is 9.44. The Morgan fingerprint density at radius 3 is 2.26 bits per heavy atom. The molecule has 0 atom stereocenters. The minimum atomic E-state index is 0. The summed E-state index contributed by atoms with van der Waals surface area (Å²) in [5.41, 5.74) is 4.58. The molecular formula is C26H29ClN2O2. The summed E-state index contributed by atoms with van der Waals surface area (Å²) in [6.07, 6.45) is 0. The Kier molecular flexibility index (Phi) is 6.91. The van der Waals surface area contributed by atoms with Gasteiger partial charge in [0.1, 0.15) is 23.9 Å². The summed E-state index contributed by atoms with van der Waals surface area (Å²) in [4.78, 5) is 4.83. The van der Waals surface area contributed by atoms with E-state index >= 15 is 0 Å². The number of methoxy groups -OCH3 is 1. The maximum absolute atomic E-state index is 6.11. The van der Waals surface area contributed by atoms with Crippen LogP contribution in [0.1, 0.15) is 37.7 Å². The number of ether oxygens (including phenoxy) is 2. The number of hydrogen-bond donors (Lipinski definition) is 0. The molecule has 162 valence electrons. The molecule has 4 rings (SSSR count). The third kappa shape index (κ3) is 5.02. The molecule has 0 aliphatic rings. The lowest BCUT2D eigenvalue weighted by Crippen LogP contribution is -2.11. The molecule has 4 aromatic rings.